The number of aromatic nitrogens is 2. The minimum Gasteiger partial charge on any atom is -0.330 e. The van der Waals surface area contributed by atoms with E-state index in [0.717, 1.165) is 25.6 Å². The lowest BCUT2D eigenvalue weighted by atomic mass is 9.96. The molecule has 2 fully saturated rings. The van der Waals surface area contributed by atoms with Crippen molar-refractivity contribution in [1.82, 2.24) is 14.7 Å². The van der Waals surface area contributed by atoms with Gasteiger partial charge in [-0.05, 0) is 44.7 Å². The van der Waals surface area contributed by atoms with E-state index >= 15 is 0 Å². The van der Waals surface area contributed by atoms with Crippen LogP contribution in [0.15, 0.2) is 12.4 Å². The highest BCUT2D eigenvalue weighted by Crippen LogP contribution is 2.43. The number of rotatable bonds is 5. The fourth-order valence-corrected chi connectivity index (χ4v) is 3.29. The van der Waals surface area contributed by atoms with E-state index in [4.69, 9.17) is 5.73 Å². The summed E-state index contributed by atoms with van der Waals surface area (Å²) in [5, 5.41) is 4.48. The van der Waals surface area contributed by atoms with E-state index < -0.39 is 0 Å². The third-order valence-corrected chi connectivity index (χ3v) is 4.33. The molecule has 3 rings (SSSR count). The van der Waals surface area contributed by atoms with Gasteiger partial charge in [0.25, 0.3) is 0 Å². The van der Waals surface area contributed by atoms with Gasteiger partial charge in [0.2, 0.25) is 0 Å². The second-order valence-electron chi connectivity index (χ2n) is 5.74. The summed E-state index contributed by atoms with van der Waals surface area (Å²) in [6.07, 6.45) is 9.42. The molecule has 100 valence electrons. The molecular weight excluding hydrogens is 224 g/mol. The molecule has 2 aliphatic rings. The van der Waals surface area contributed by atoms with Crippen LogP contribution in [0.25, 0.3) is 0 Å². The van der Waals surface area contributed by atoms with Gasteiger partial charge in [-0.15, -0.1) is 0 Å². The molecule has 2 N–H and O–H groups in total. The summed E-state index contributed by atoms with van der Waals surface area (Å²) in [6, 6.07) is 1.34. The van der Waals surface area contributed by atoms with Crippen molar-refractivity contribution >= 4 is 0 Å². The molecular formula is C14H24N4. The maximum Gasteiger partial charge on any atom is 0.0537 e. The molecule has 0 spiro atoms. The lowest BCUT2D eigenvalue weighted by molar-refractivity contribution is 0.220. The Morgan fingerprint density at radius 1 is 1.39 bits per heavy atom. The van der Waals surface area contributed by atoms with E-state index in [2.05, 4.69) is 34.0 Å². The average molecular weight is 248 g/mol. The zero-order chi connectivity index (χ0) is 12.5. The van der Waals surface area contributed by atoms with Gasteiger partial charge in [0.1, 0.15) is 0 Å². The van der Waals surface area contributed by atoms with Crippen LogP contribution in [-0.2, 0) is 6.54 Å². The molecule has 4 nitrogen and oxygen atoms in total. The Morgan fingerprint density at radius 3 is 2.89 bits per heavy atom. The fraction of sp³-hybridized carbons (Fsp3) is 0.786. The summed E-state index contributed by atoms with van der Waals surface area (Å²) in [7, 11) is 0. The van der Waals surface area contributed by atoms with Crippen LogP contribution in [0.5, 0.6) is 0 Å². The fourth-order valence-electron chi connectivity index (χ4n) is 3.29. The minimum atomic E-state index is 0.521. The topological polar surface area (TPSA) is 47.1 Å². The van der Waals surface area contributed by atoms with Gasteiger partial charge in [0, 0.05) is 30.4 Å². The molecule has 0 aromatic carbocycles. The van der Waals surface area contributed by atoms with E-state index in [0.29, 0.717) is 12.0 Å². The first-order chi connectivity index (χ1) is 8.83. The van der Waals surface area contributed by atoms with Crippen molar-refractivity contribution in [3.63, 3.8) is 0 Å². The zero-order valence-corrected chi connectivity index (χ0v) is 11.3. The SMILES string of the molecule is CCCn1cc(C2C(CN)CCN2C2CC2)cn1. The summed E-state index contributed by atoms with van der Waals surface area (Å²) >= 11 is 0. The quantitative estimate of drug-likeness (QED) is 0.864. The maximum absolute atomic E-state index is 5.96. The molecule has 1 saturated heterocycles. The summed E-state index contributed by atoms with van der Waals surface area (Å²) in [6.45, 7) is 5.22. The normalized spacial score (nSPS) is 29.0. The number of nitrogens with zero attached hydrogens (tertiary/aromatic N) is 3. The summed E-state index contributed by atoms with van der Waals surface area (Å²) in [4.78, 5) is 2.67. The van der Waals surface area contributed by atoms with Gasteiger partial charge >= 0.3 is 0 Å². The molecule has 2 unspecified atom stereocenters. The van der Waals surface area contributed by atoms with E-state index in [9.17, 15) is 0 Å². The minimum absolute atomic E-state index is 0.521. The predicted octanol–water partition coefficient (Wildman–Crippen LogP) is 1.78. The van der Waals surface area contributed by atoms with E-state index in [1.54, 1.807) is 0 Å². The first kappa shape index (κ1) is 12.2. The Bertz CT molecular complexity index is 396. The smallest absolute Gasteiger partial charge is 0.0537 e. The van der Waals surface area contributed by atoms with Crippen LogP contribution >= 0.6 is 0 Å². The second kappa shape index (κ2) is 5.02. The molecule has 0 bridgehead atoms. The molecule has 4 heteroatoms. The highest BCUT2D eigenvalue weighted by Gasteiger charge is 2.42. The first-order valence-corrected chi connectivity index (χ1v) is 7.31. The van der Waals surface area contributed by atoms with Crippen molar-refractivity contribution in [2.45, 2.75) is 51.2 Å². The van der Waals surface area contributed by atoms with Crippen molar-refractivity contribution in [2.24, 2.45) is 11.7 Å². The number of hydrogen-bond donors (Lipinski definition) is 1. The zero-order valence-electron chi connectivity index (χ0n) is 11.3. The number of aryl methyl sites for hydroxylation is 1. The Balaban J connectivity index is 1.80. The van der Waals surface area contributed by atoms with E-state index in [-0.39, 0.29) is 0 Å². The summed E-state index contributed by atoms with van der Waals surface area (Å²) in [5.74, 6) is 0.616. The van der Waals surface area contributed by atoms with E-state index in [1.165, 1.54) is 31.4 Å². The van der Waals surface area contributed by atoms with E-state index in [1.807, 2.05) is 0 Å². The average Bonchev–Trinajstić information content (AvgIpc) is 2.97. The Labute approximate surface area is 109 Å². The molecule has 1 aliphatic heterocycles. The highest BCUT2D eigenvalue weighted by molar-refractivity contribution is 5.16. The Morgan fingerprint density at radius 2 is 2.22 bits per heavy atom. The first-order valence-electron chi connectivity index (χ1n) is 7.31. The van der Waals surface area contributed by atoms with Gasteiger partial charge in [0.15, 0.2) is 0 Å². The molecule has 1 aliphatic carbocycles. The molecule has 0 amide bonds. The van der Waals surface area contributed by atoms with Gasteiger partial charge in [-0.25, -0.2) is 0 Å². The lowest BCUT2D eigenvalue weighted by Gasteiger charge is -2.26. The van der Waals surface area contributed by atoms with Crippen LogP contribution in [0.1, 0.15) is 44.2 Å². The van der Waals surface area contributed by atoms with Crippen molar-refractivity contribution in [2.75, 3.05) is 13.1 Å². The predicted molar refractivity (Wildman–Crippen MR) is 72.1 cm³/mol. The Kier molecular flexibility index (Phi) is 3.39. The summed E-state index contributed by atoms with van der Waals surface area (Å²) < 4.78 is 2.08. The molecule has 1 aromatic rings. The molecule has 2 atom stereocenters. The van der Waals surface area contributed by atoms with Crippen molar-refractivity contribution < 1.29 is 0 Å². The van der Waals surface area contributed by atoms with Crippen LogP contribution in [-0.4, -0.2) is 33.8 Å². The van der Waals surface area contributed by atoms with Crippen molar-refractivity contribution in [3.05, 3.63) is 18.0 Å². The van der Waals surface area contributed by atoms with Gasteiger partial charge in [-0.1, -0.05) is 6.92 Å². The third kappa shape index (κ3) is 2.19. The van der Waals surface area contributed by atoms with Gasteiger partial charge in [-0.2, -0.15) is 5.10 Å². The number of hydrogen-bond acceptors (Lipinski definition) is 3. The van der Waals surface area contributed by atoms with Gasteiger partial charge in [-0.3, -0.25) is 9.58 Å². The standard InChI is InChI=1S/C14H24N4/c1-2-6-17-10-12(9-16-17)14-11(8-15)5-7-18(14)13-3-4-13/h9-11,13-14H,2-8,15H2,1H3. The van der Waals surface area contributed by atoms with Crippen LogP contribution in [0, 0.1) is 5.92 Å². The molecule has 2 heterocycles. The van der Waals surface area contributed by atoms with Gasteiger partial charge < -0.3 is 5.73 Å². The van der Waals surface area contributed by atoms with Crippen LogP contribution in [0.3, 0.4) is 0 Å². The Hall–Kier alpha value is -0.870. The van der Waals surface area contributed by atoms with Crippen LogP contribution in [0.2, 0.25) is 0 Å². The second-order valence-corrected chi connectivity index (χ2v) is 5.74. The van der Waals surface area contributed by atoms with Crippen LogP contribution in [0.4, 0.5) is 0 Å². The van der Waals surface area contributed by atoms with Gasteiger partial charge in [0.05, 0.1) is 6.20 Å². The molecule has 18 heavy (non-hydrogen) atoms. The monoisotopic (exact) mass is 248 g/mol. The van der Waals surface area contributed by atoms with Crippen molar-refractivity contribution in [1.29, 1.82) is 0 Å². The number of nitrogens with two attached hydrogens (primary N) is 1. The molecule has 1 saturated carbocycles. The van der Waals surface area contributed by atoms with Crippen LogP contribution < -0.4 is 5.73 Å². The lowest BCUT2D eigenvalue weighted by Crippen LogP contribution is -2.29. The number of likely N-dealkylation sites (tertiary alicyclic amines) is 1. The molecule has 0 radical (unpaired) electrons. The molecule has 1 aromatic heterocycles. The van der Waals surface area contributed by atoms with Crippen molar-refractivity contribution in [3.8, 4) is 0 Å². The third-order valence-electron chi connectivity index (χ3n) is 4.33. The summed E-state index contributed by atoms with van der Waals surface area (Å²) in [5.41, 5.74) is 7.33. The largest absolute Gasteiger partial charge is 0.330 e. The maximum atomic E-state index is 5.96. The highest BCUT2D eigenvalue weighted by atomic mass is 15.3.